The van der Waals surface area contributed by atoms with Gasteiger partial charge in [-0.2, -0.15) is 0 Å². The summed E-state index contributed by atoms with van der Waals surface area (Å²) in [6.45, 7) is 4.90. The summed E-state index contributed by atoms with van der Waals surface area (Å²) in [6.07, 6.45) is 8.17. The molecule has 2 nitrogen and oxygen atoms in total. The Hall–Kier alpha value is -0.860. The Kier molecular flexibility index (Phi) is 3.76. The summed E-state index contributed by atoms with van der Waals surface area (Å²) in [4.78, 5) is 2.83. The van der Waals surface area contributed by atoms with Crippen molar-refractivity contribution in [1.82, 2.24) is 10.2 Å². The van der Waals surface area contributed by atoms with Gasteiger partial charge in [0.2, 0.25) is 0 Å². The van der Waals surface area contributed by atoms with Gasteiger partial charge in [-0.05, 0) is 56.2 Å². The van der Waals surface area contributed by atoms with Gasteiger partial charge in [0, 0.05) is 30.6 Å². The number of fused-ring (bicyclic) bond motifs is 3. The number of hydrogen-bond donors (Lipinski definition) is 1. The monoisotopic (exact) mass is 284 g/mol. The van der Waals surface area contributed by atoms with E-state index in [1.807, 2.05) is 0 Å². The van der Waals surface area contributed by atoms with Crippen LogP contribution >= 0.6 is 0 Å². The highest BCUT2D eigenvalue weighted by Gasteiger charge is 2.37. The van der Waals surface area contributed by atoms with E-state index in [2.05, 4.69) is 41.4 Å². The van der Waals surface area contributed by atoms with Crippen molar-refractivity contribution in [2.45, 2.75) is 69.5 Å². The Morgan fingerprint density at radius 3 is 2.62 bits per heavy atom. The molecule has 2 aliphatic heterocycles. The zero-order valence-corrected chi connectivity index (χ0v) is 13.2. The van der Waals surface area contributed by atoms with Crippen LogP contribution in [0.4, 0.5) is 0 Å². The molecule has 2 heterocycles. The van der Waals surface area contributed by atoms with Gasteiger partial charge >= 0.3 is 0 Å². The highest BCUT2D eigenvalue weighted by Crippen LogP contribution is 2.37. The van der Waals surface area contributed by atoms with E-state index in [-0.39, 0.29) is 0 Å². The van der Waals surface area contributed by atoms with Crippen molar-refractivity contribution in [2.24, 2.45) is 0 Å². The second-order valence-electron chi connectivity index (χ2n) is 7.36. The quantitative estimate of drug-likeness (QED) is 0.892. The van der Waals surface area contributed by atoms with Crippen LogP contribution in [-0.2, 0) is 6.42 Å². The van der Waals surface area contributed by atoms with Crippen molar-refractivity contribution >= 4 is 0 Å². The average molecular weight is 284 g/mol. The first-order valence-corrected chi connectivity index (χ1v) is 8.91. The van der Waals surface area contributed by atoms with Gasteiger partial charge in [-0.1, -0.05) is 31.2 Å². The molecule has 3 aliphatic rings. The lowest BCUT2D eigenvalue weighted by Crippen LogP contribution is -2.50. The van der Waals surface area contributed by atoms with Crippen LogP contribution in [0, 0.1) is 0 Å². The van der Waals surface area contributed by atoms with Gasteiger partial charge in [-0.15, -0.1) is 0 Å². The number of nitrogens with one attached hydrogen (secondary N) is 1. The van der Waals surface area contributed by atoms with Gasteiger partial charge in [0.15, 0.2) is 0 Å². The molecule has 2 saturated heterocycles. The van der Waals surface area contributed by atoms with Gasteiger partial charge in [0.25, 0.3) is 0 Å². The minimum Gasteiger partial charge on any atom is -0.311 e. The first-order chi connectivity index (χ1) is 10.3. The van der Waals surface area contributed by atoms with Crippen molar-refractivity contribution < 1.29 is 0 Å². The fraction of sp³-hybridized carbons (Fsp3) is 0.684. The molecule has 1 aromatic carbocycles. The van der Waals surface area contributed by atoms with Crippen LogP contribution in [0.5, 0.6) is 0 Å². The summed E-state index contributed by atoms with van der Waals surface area (Å²) in [5, 5.41) is 3.79. The highest BCUT2D eigenvalue weighted by molar-refractivity contribution is 5.40. The summed E-state index contributed by atoms with van der Waals surface area (Å²) in [7, 11) is 0. The van der Waals surface area contributed by atoms with Crippen molar-refractivity contribution in [3.05, 3.63) is 35.4 Å². The molecule has 0 saturated carbocycles. The second-order valence-corrected chi connectivity index (χ2v) is 7.36. The van der Waals surface area contributed by atoms with Crippen molar-refractivity contribution in [3.63, 3.8) is 0 Å². The largest absolute Gasteiger partial charge is 0.311 e. The molecule has 0 amide bonds. The van der Waals surface area contributed by atoms with E-state index in [0.29, 0.717) is 0 Å². The molecule has 0 aromatic heterocycles. The first kappa shape index (κ1) is 13.8. The Morgan fingerprint density at radius 2 is 1.90 bits per heavy atom. The number of nitrogens with zero attached hydrogens (tertiary/aromatic N) is 1. The predicted molar refractivity (Wildman–Crippen MR) is 87.7 cm³/mol. The molecule has 3 atom stereocenters. The molecule has 1 aromatic rings. The van der Waals surface area contributed by atoms with Crippen LogP contribution < -0.4 is 5.32 Å². The van der Waals surface area contributed by atoms with E-state index in [4.69, 9.17) is 0 Å². The number of rotatable bonds is 5. The van der Waals surface area contributed by atoms with Crippen LogP contribution in [0.1, 0.15) is 56.1 Å². The lowest BCUT2D eigenvalue weighted by atomic mass is 9.77. The minimum atomic E-state index is 0.792. The molecule has 2 fully saturated rings. The van der Waals surface area contributed by atoms with Gasteiger partial charge in [-0.25, -0.2) is 0 Å². The van der Waals surface area contributed by atoms with Crippen LogP contribution in [0.3, 0.4) is 0 Å². The fourth-order valence-electron chi connectivity index (χ4n) is 4.84. The topological polar surface area (TPSA) is 15.3 Å². The van der Waals surface area contributed by atoms with Crippen molar-refractivity contribution in [3.8, 4) is 0 Å². The highest BCUT2D eigenvalue weighted by atomic mass is 15.2. The van der Waals surface area contributed by atoms with E-state index in [1.54, 1.807) is 11.1 Å². The van der Waals surface area contributed by atoms with E-state index in [9.17, 15) is 0 Å². The Bertz CT molecular complexity index is 486. The Labute approximate surface area is 128 Å². The third kappa shape index (κ3) is 2.64. The minimum absolute atomic E-state index is 0.792. The molecular weight excluding hydrogens is 256 g/mol. The molecule has 114 valence electrons. The molecule has 21 heavy (non-hydrogen) atoms. The maximum atomic E-state index is 3.79. The van der Waals surface area contributed by atoms with E-state index in [0.717, 1.165) is 24.0 Å². The molecule has 0 spiro atoms. The normalized spacial score (nSPS) is 33.8. The molecular formula is C19H28N2. The number of piperidine rings is 1. The molecule has 1 aliphatic carbocycles. The van der Waals surface area contributed by atoms with Crippen LogP contribution in [0.25, 0.3) is 0 Å². The molecule has 2 heteroatoms. The van der Waals surface area contributed by atoms with Gasteiger partial charge in [-0.3, -0.25) is 4.90 Å². The zero-order valence-electron chi connectivity index (χ0n) is 13.2. The first-order valence-electron chi connectivity index (χ1n) is 8.91. The third-order valence-electron chi connectivity index (χ3n) is 5.89. The molecule has 1 N–H and O–H groups in total. The number of hydrogen-bond acceptors (Lipinski definition) is 2. The van der Waals surface area contributed by atoms with E-state index < -0.39 is 0 Å². The van der Waals surface area contributed by atoms with Gasteiger partial charge in [0.1, 0.15) is 0 Å². The van der Waals surface area contributed by atoms with Crippen LogP contribution in [0.2, 0.25) is 0 Å². The maximum Gasteiger partial charge on any atom is 0.0125 e. The lowest BCUT2D eigenvalue weighted by molar-refractivity contribution is 0.129. The summed E-state index contributed by atoms with van der Waals surface area (Å²) in [5.74, 6) is 0.792. The molecule has 4 rings (SSSR count). The molecule has 3 unspecified atom stereocenters. The van der Waals surface area contributed by atoms with Crippen LogP contribution in [0.15, 0.2) is 24.3 Å². The molecule has 0 radical (unpaired) electrons. The van der Waals surface area contributed by atoms with Crippen molar-refractivity contribution in [1.29, 1.82) is 0 Å². The Balaban J connectivity index is 1.43. The summed E-state index contributed by atoms with van der Waals surface area (Å²) < 4.78 is 0. The van der Waals surface area contributed by atoms with Crippen molar-refractivity contribution in [2.75, 3.05) is 13.1 Å². The smallest absolute Gasteiger partial charge is 0.0125 e. The SMILES string of the molecule is CCCN(CC1Cc2ccccc21)C1CC2CCC(C1)N2. The average Bonchev–Trinajstić information content (AvgIpc) is 2.82. The third-order valence-corrected chi connectivity index (χ3v) is 5.89. The van der Waals surface area contributed by atoms with E-state index in [1.165, 1.54) is 51.6 Å². The fourth-order valence-corrected chi connectivity index (χ4v) is 4.84. The predicted octanol–water partition coefficient (Wildman–Crippen LogP) is 3.32. The summed E-state index contributed by atoms with van der Waals surface area (Å²) in [5.41, 5.74) is 3.21. The van der Waals surface area contributed by atoms with Gasteiger partial charge in [0.05, 0.1) is 0 Å². The second kappa shape index (κ2) is 5.73. The lowest BCUT2D eigenvalue weighted by Gasteiger charge is -2.42. The van der Waals surface area contributed by atoms with E-state index >= 15 is 0 Å². The van der Waals surface area contributed by atoms with Crippen LogP contribution in [-0.4, -0.2) is 36.1 Å². The van der Waals surface area contributed by atoms with Gasteiger partial charge < -0.3 is 5.32 Å². The summed E-state index contributed by atoms with van der Waals surface area (Å²) >= 11 is 0. The standard InChI is InChI=1S/C19H28N2/c1-2-9-21(18-11-16-7-8-17(12-18)20-16)13-15-10-14-5-3-4-6-19(14)15/h3-6,15-18,20H,2,7-13H2,1H3. The number of benzene rings is 1. The maximum absolute atomic E-state index is 3.79. The zero-order chi connectivity index (χ0) is 14.2. The summed E-state index contributed by atoms with van der Waals surface area (Å²) in [6, 6.07) is 11.5. The Morgan fingerprint density at radius 1 is 1.14 bits per heavy atom. The molecule has 2 bridgehead atoms.